The van der Waals surface area contributed by atoms with Crippen molar-refractivity contribution in [3.8, 4) is 0 Å². The highest BCUT2D eigenvalue weighted by Crippen LogP contribution is 2.43. The molecule has 172 valence electrons. The summed E-state index contributed by atoms with van der Waals surface area (Å²) in [6.45, 7) is 1.98. The smallest absolute Gasteiger partial charge is 0.349 e. The number of pyridine rings is 1. The number of rotatable bonds is 5. The standard InChI is InChI=1S/C21H25N3O5S3/c1-29-20(26)17-16(5-13-31-17)32(27,28)24-12-8-21(14-24)6-10-23(11-7-21)19(25)15-4-3-9-22-18(15)30-2/h3-5,9,13H,6-8,10-12,14H2,1-2H3. The summed E-state index contributed by atoms with van der Waals surface area (Å²) in [7, 11) is -2.54. The zero-order valence-electron chi connectivity index (χ0n) is 17.9. The molecule has 2 fully saturated rings. The molecule has 2 aliphatic rings. The summed E-state index contributed by atoms with van der Waals surface area (Å²) in [6.07, 6.45) is 5.81. The Bertz CT molecular complexity index is 1120. The van der Waals surface area contributed by atoms with E-state index in [0.29, 0.717) is 36.8 Å². The summed E-state index contributed by atoms with van der Waals surface area (Å²) in [4.78, 5) is 31.2. The van der Waals surface area contributed by atoms with Gasteiger partial charge in [0.2, 0.25) is 10.0 Å². The number of methoxy groups -OCH3 is 1. The molecule has 8 nitrogen and oxygen atoms in total. The van der Waals surface area contributed by atoms with Gasteiger partial charge in [0.15, 0.2) is 0 Å². The lowest BCUT2D eigenvalue weighted by atomic mass is 9.78. The van der Waals surface area contributed by atoms with E-state index in [1.165, 1.54) is 29.2 Å². The van der Waals surface area contributed by atoms with Gasteiger partial charge in [0, 0.05) is 32.4 Å². The summed E-state index contributed by atoms with van der Waals surface area (Å²) in [5.41, 5.74) is 0.460. The number of carbonyl (C=O) groups excluding carboxylic acids is 2. The Morgan fingerprint density at radius 1 is 1.19 bits per heavy atom. The third kappa shape index (κ3) is 4.18. The van der Waals surface area contributed by atoms with E-state index < -0.39 is 16.0 Å². The molecule has 0 aliphatic carbocycles. The van der Waals surface area contributed by atoms with Crippen LogP contribution >= 0.6 is 23.1 Å². The highest BCUT2D eigenvalue weighted by atomic mass is 32.2. The number of piperidine rings is 1. The van der Waals surface area contributed by atoms with Crippen molar-refractivity contribution in [1.82, 2.24) is 14.2 Å². The molecule has 32 heavy (non-hydrogen) atoms. The number of sulfonamides is 1. The van der Waals surface area contributed by atoms with Crippen LogP contribution in [0.25, 0.3) is 0 Å². The van der Waals surface area contributed by atoms with E-state index in [9.17, 15) is 18.0 Å². The molecule has 2 aromatic rings. The molecule has 0 atom stereocenters. The molecule has 1 amide bonds. The van der Waals surface area contributed by atoms with E-state index in [-0.39, 0.29) is 21.1 Å². The molecule has 4 heterocycles. The number of likely N-dealkylation sites (tertiary alicyclic amines) is 1. The van der Waals surface area contributed by atoms with Gasteiger partial charge < -0.3 is 9.64 Å². The fraction of sp³-hybridized carbons (Fsp3) is 0.476. The third-order valence-corrected chi connectivity index (χ3v) is 9.95. The maximum Gasteiger partial charge on any atom is 0.349 e. The van der Waals surface area contributed by atoms with Gasteiger partial charge in [-0.15, -0.1) is 23.1 Å². The Kier molecular flexibility index (Phi) is 6.62. The van der Waals surface area contributed by atoms with Crippen molar-refractivity contribution in [2.75, 3.05) is 39.5 Å². The summed E-state index contributed by atoms with van der Waals surface area (Å²) in [6, 6.07) is 5.04. The predicted molar refractivity (Wildman–Crippen MR) is 123 cm³/mol. The quantitative estimate of drug-likeness (QED) is 0.465. The molecule has 2 saturated heterocycles. The number of esters is 1. The van der Waals surface area contributed by atoms with Gasteiger partial charge >= 0.3 is 5.97 Å². The van der Waals surface area contributed by atoms with Crippen molar-refractivity contribution in [2.24, 2.45) is 5.41 Å². The monoisotopic (exact) mass is 495 g/mol. The zero-order chi connectivity index (χ0) is 22.9. The fourth-order valence-corrected chi connectivity index (χ4v) is 7.86. The number of nitrogens with zero attached hydrogens (tertiary/aromatic N) is 3. The topological polar surface area (TPSA) is 96.9 Å². The lowest BCUT2D eigenvalue weighted by Crippen LogP contribution is -2.44. The van der Waals surface area contributed by atoms with Gasteiger partial charge in [-0.1, -0.05) is 0 Å². The Hall–Kier alpha value is -1.95. The van der Waals surface area contributed by atoms with Crippen LogP contribution in [0.2, 0.25) is 0 Å². The second kappa shape index (κ2) is 9.12. The average Bonchev–Trinajstić information content (AvgIpc) is 3.47. The Morgan fingerprint density at radius 3 is 2.59 bits per heavy atom. The van der Waals surface area contributed by atoms with Crippen LogP contribution in [0.3, 0.4) is 0 Å². The zero-order valence-corrected chi connectivity index (χ0v) is 20.4. The van der Waals surface area contributed by atoms with Crippen LogP contribution < -0.4 is 0 Å². The van der Waals surface area contributed by atoms with Crippen LogP contribution in [0, 0.1) is 5.41 Å². The van der Waals surface area contributed by atoms with Crippen LogP contribution in [0.5, 0.6) is 0 Å². The van der Waals surface area contributed by atoms with Gasteiger partial charge in [0.25, 0.3) is 5.91 Å². The van der Waals surface area contributed by atoms with Crippen molar-refractivity contribution in [2.45, 2.75) is 29.2 Å². The van der Waals surface area contributed by atoms with Gasteiger partial charge in [-0.05, 0) is 54.5 Å². The Morgan fingerprint density at radius 2 is 1.91 bits per heavy atom. The first-order chi connectivity index (χ1) is 15.3. The maximum absolute atomic E-state index is 13.2. The van der Waals surface area contributed by atoms with E-state index in [0.717, 1.165) is 30.6 Å². The van der Waals surface area contributed by atoms with Crippen molar-refractivity contribution in [3.63, 3.8) is 0 Å². The number of carbonyl (C=O) groups is 2. The number of hydrogen-bond acceptors (Lipinski definition) is 8. The Labute approximate surface area is 196 Å². The highest BCUT2D eigenvalue weighted by Gasteiger charge is 2.46. The molecule has 11 heteroatoms. The molecular formula is C21H25N3O5S3. The fourth-order valence-electron chi connectivity index (χ4n) is 4.46. The molecule has 2 aliphatic heterocycles. The third-order valence-electron chi connectivity index (χ3n) is 6.33. The van der Waals surface area contributed by atoms with Crippen LogP contribution in [-0.4, -0.2) is 74.0 Å². The first kappa shape index (κ1) is 23.2. The molecule has 0 unspecified atom stereocenters. The molecule has 2 aromatic heterocycles. The summed E-state index contributed by atoms with van der Waals surface area (Å²) in [5, 5.41) is 2.31. The molecule has 4 rings (SSSR count). The predicted octanol–water partition coefficient (Wildman–Crippen LogP) is 2.97. The van der Waals surface area contributed by atoms with Crippen molar-refractivity contribution in [1.29, 1.82) is 0 Å². The highest BCUT2D eigenvalue weighted by molar-refractivity contribution is 7.98. The largest absolute Gasteiger partial charge is 0.465 e. The van der Waals surface area contributed by atoms with Crippen molar-refractivity contribution in [3.05, 3.63) is 40.2 Å². The summed E-state index contributed by atoms with van der Waals surface area (Å²) >= 11 is 2.52. The molecule has 0 saturated carbocycles. The van der Waals surface area contributed by atoms with Gasteiger partial charge in [0.1, 0.15) is 14.8 Å². The summed E-state index contributed by atoms with van der Waals surface area (Å²) < 4.78 is 32.7. The lowest BCUT2D eigenvalue weighted by molar-refractivity contribution is 0.0592. The van der Waals surface area contributed by atoms with E-state index in [1.807, 2.05) is 11.2 Å². The number of thiophene rings is 1. The van der Waals surface area contributed by atoms with Crippen molar-refractivity contribution >= 4 is 45.0 Å². The second-order valence-electron chi connectivity index (χ2n) is 8.05. The van der Waals surface area contributed by atoms with E-state index in [4.69, 9.17) is 4.74 Å². The number of amides is 1. The summed E-state index contributed by atoms with van der Waals surface area (Å²) in [5.74, 6) is -0.667. The van der Waals surface area contributed by atoms with Crippen LogP contribution in [0.1, 0.15) is 39.3 Å². The van der Waals surface area contributed by atoms with Crippen LogP contribution in [0.15, 0.2) is 39.7 Å². The number of thioether (sulfide) groups is 1. The number of ether oxygens (including phenoxy) is 1. The van der Waals surface area contributed by atoms with E-state index in [2.05, 4.69) is 4.98 Å². The van der Waals surface area contributed by atoms with Gasteiger partial charge in [0.05, 0.1) is 12.7 Å². The first-order valence-electron chi connectivity index (χ1n) is 10.3. The van der Waals surface area contributed by atoms with Gasteiger partial charge in [-0.2, -0.15) is 4.31 Å². The average molecular weight is 496 g/mol. The number of aromatic nitrogens is 1. The molecular weight excluding hydrogens is 470 g/mol. The molecule has 0 N–H and O–H groups in total. The minimum absolute atomic E-state index is 0.0141. The SMILES string of the molecule is COC(=O)c1sccc1S(=O)(=O)N1CCC2(CCN(C(=O)c3cccnc3SC)CC2)C1. The van der Waals surface area contributed by atoms with E-state index >= 15 is 0 Å². The van der Waals surface area contributed by atoms with Crippen LogP contribution in [0.4, 0.5) is 0 Å². The molecule has 1 spiro atoms. The second-order valence-corrected chi connectivity index (χ2v) is 11.7. The lowest BCUT2D eigenvalue weighted by Gasteiger charge is -2.39. The van der Waals surface area contributed by atoms with E-state index in [1.54, 1.807) is 23.7 Å². The van der Waals surface area contributed by atoms with Crippen molar-refractivity contribution < 1.29 is 22.7 Å². The molecule has 0 bridgehead atoms. The maximum atomic E-state index is 13.2. The first-order valence-corrected chi connectivity index (χ1v) is 13.8. The van der Waals surface area contributed by atoms with Crippen LogP contribution in [-0.2, 0) is 14.8 Å². The Balaban J connectivity index is 1.45. The normalized spacial score (nSPS) is 18.8. The minimum Gasteiger partial charge on any atom is -0.465 e. The minimum atomic E-state index is -3.79. The van der Waals surface area contributed by atoms with Gasteiger partial charge in [-0.3, -0.25) is 4.79 Å². The van der Waals surface area contributed by atoms with Gasteiger partial charge in [-0.25, -0.2) is 18.2 Å². The molecule has 0 aromatic carbocycles. The molecule has 0 radical (unpaired) electrons. The number of hydrogen-bond donors (Lipinski definition) is 0.